The fourth-order valence-electron chi connectivity index (χ4n) is 2.07. The van der Waals surface area contributed by atoms with E-state index in [1.165, 1.54) is 11.8 Å². The number of anilines is 1. The molecule has 0 aromatic heterocycles. The van der Waals surface area contributed by atoms with Crippen molar-refractivity contribution in [1.82, 2.24) is 5.32 Å². The van der Waals surface area contributed by atoms with Crippen molar-refractivity contribution in [2.75, 3.05) is 11.4 Å². The largest absolute Gasteiger partial charge is 0.350 e. The number of rotatable bonds is 5. The van der Waals surface area contributed by atoms with Crippen molar-refractivity contribution in [3.8, 4) is 0 Å². The van der Waals surface area contributed by atoms with E-state index in [2.05, 4.69) is 5.32 Å². The Morgan fingerprint density at radius 3 is 2.22 bits per heavy atom. The Bertz CT molecular complexity index is 719. The molecule has 120 valence electrons. The van der Waals surface area contributed by atoms with Gasteiger partial charge in [0.05, 0.1) is 10.7 Å². The summed E-state index contributed by atoms with van der Waals surface area (Å²) in [4.78, 5) is 25.3. The zero-order valence-electron chi connectivity index (χ0n) is 12.6. The van der Waals surface area contributed by atoms with Gasteiger partial charge in [-0.3, -0.25) is 9.59 Å². The van der Waals surface area contributed by atoms with Crippen molar-refractivity contribution in [1.29, 1.82) is 0 Å². The molecule has 0 aliphatic carbocycles. The van der Waals surface area contributed by atoms with Crippen LogP contribution in [0.5, 0.6) is 0 Å². The summed E-state index contributed by atoms with van der Waals surface area (Å²) in [6.45, 7) is 1.58. The SMILES string of the molecule is CC(=O)N(CC(=O)NCc1ccccc1Cl)c1ccccc1Cl. The smallest absolute Gasteiger partial charge is 0.240 e. The Morgan fingerprint density at radius 1 is 1.00 bits per heavy atom. The predicted molar refractivity (Wildman–Crippen MR) is 92.8 cm³/mol. The molecule has 0 saturated carbocycles. The normalized spacial score (nSPS) is 10.2. The van der Waals surface area contributed by atoms with Gasteiger partial charge in [-0.05, 0) is 23.8 Å². The molecule has 0 atom stereocenters. The maximum atomic E-state index is 12.1. The van der Waals surface area contributed by atoms with Gasteiger partial charge in [0.2, 0.25) is 11.8 Å². The lowest BCUT2D eigenvalue weighted by Gasteiger charge is -2.21. The van der Waals surface area contributed by atoms with Crippen molar-refractivity contribution >= 4 is 40.7 Å². The highest BCUT2D eigenvalue weighted by molar-refractivity contribution is 6.34. The number of nitrogens with one attached hydrogen (secondary N) is 1. The second-order valence-electron chi connectivity index (χ2n) is 4.92. The standard InChI is InChI=1S/C17H16Cl2N2O2/c1-12(22)21(16-9-5-4-8-15(16)19)11-17(23)20-10-13-6-2-3-7-14(13)18/h2-9H,10-11H2,1H3,(H,20,23). The number of carbonyl (C=O) groups is 2. The lowest BCUT2D eigenvalue weighted by atomic mass is 10.2. The van der Waals surface area contributed by atoms with E-state index < -0.39 is 0 Å². The molecule has 2 rings (SSSR count). The molecule has 0 radical (unpaired) electrons. The molecule has 0 bridgehead atoms. The molecule has 0 fully saturated rings. The number of carbonyl (C=O) groups excluding carboxylic acids is 2. The third-order valence-electron chi connectivity index (χ3n) is 3.26. The van der Waals surface area contributed by atoms with Crippen molar-refractivity contribution in [3.05, 3.63) is 64.1 Å². The number of hydrogen-bond donors (Lipinski definition) is 1. The first-order valence-electron chi connectivity index (χ1n) is 7.02. The van der Waals surface area contributed by atoms with Gasteiger partial charge in [0.15, 0.2) is 0 Å². The maximum absolute atomic E-state index is 12.1. The topological polar surface area (TPSA) is 49.4 Å². The minimum Gasteiger partial charge on any atom is -0.350 e. The highest BCUT2D eigenvalue weighted by Crippen LogP contribution is 2.25. The van der Waals surface area contributed by atoms with Crippen molar-refractivity contribution < 1.29 is 9.59 Å². The number of hydrogen-bond acceptors (Lipinski definition) is 2. The van der Waals surface area contributed by atoms with E-state index in [0.717, 1.165) is 5.56 Å². The van der Waals surface area contributed by atoms with E-state index in [1.54, 1.807) is 30.3 Å². The first-order chi connectivity index (χ1) is 11.0. The second kappa shape index (κ2) is 7.99. The van der Waals surface area contributed by atoms with Gasteiger partial charge in [0, 0.05) is 18.5 Å². The van der Waals surface area contributed by atoms with Crippen LogP contribution in [-0.4, -0.2) is 18.4 Å². The van der Waals surface area contributed by atoms with Crippen LogP contribution in [0.3, 0.4) is 0 Å². The van der Waals surface area contributed by atoms with Gasteiger partial charge >= 0.3 is 0 Å². The summed E-state index contributed by atoms with van der Waals surface area (Å²) in [5, 5.41) is 3.76. The first kappa shape index (κ1) is 17.3. The number of nitrogens with zero attached hydrogens (tertiary/aromatic N) is 1. The quantitative estimate of drug-likeness (QED) is 0.894. The minimum absolute atomic E-state index is 0.108. The summed E-state index contributed by atoms with van der Waals surface area (Å²) in [5.74, 6) is -0.550. The average molecular weight is 351 g/mol. The fourth-order valence-corrected chi connectivity index (χ4v) is 2.51. The predicted octanol–water partition coefficient (Wildman–Crippen LogP) is 3.66. The van der Waals surface area contributed by atoms with Crippen LogP contribution in [0, 0.1) is 0 Å². The van der Waals surface area contributed by atoms with E-state index in [-0.39, 0.29) is 18.4 Å². The minimum atomic E-state index is -0.292. The van der Waals surface area contributed by atoms with Crippen molar-refractivity contribution in [2.45, 2.75) is 13.5 Å². The van der Waals surface area contributed by atoms with Crippen LogP contribution in [0.4, 0.5) is 5.69 Å². The second-order valence-corrected chi connectivity index (χ2v) is 5.74. The summed E-state index contributed by atoms with van der Waals surface area (Å²) in [6.07, 6.45) is 0. The van der Waals surface area contributed by atoms with Crippen LogP contribution in [0.1, 0.15) is 12.5 Å². The molecule has 0 aliphatic rings. The Labute approximate surface area is 145 Å². The number of halogens is 2. The summed E-state index contributed by atoms with van der Waals surface area (Å²) in [6, 6.07) is 14.2. The van der Waals surface area contributed by atoms with Gasteiger partial charge in [-0.1, -0.05) is 53.5 Å². The van der Waals surface area contributed by atoms with Crippen LogP contribution in [0.15, 0.2) is 48.5 Å². The molecular formula is C17H16Cl2N2O2. The monoisotopic (exact) mass is 350 g/mol. The molecule has 2 aromatic carbocycles. The first-order valence-corrected chi connectivity index (χ1v) is 7.77. The number of amides is 2. The lowest BCUT2D eigenvalue weighted by molar-refractivity contribution is -0.123. The molecule has 6 heteroatoms. The van der Waals surface area contributed by atoms with Crippen molar-refractivity contribution in [3.63, 3.8) is 0 Å². The summed E-state index contributed by atoms with van der Waals surface area (Å²) < 4.78 is 0. The molecule has 4 nitrogen and oxygen atoms in total. The molecule has 0 unspecified atom stereocenters. The zero-order valence-corrected chi connectivity index (χ0v) is 14.1. The van der Waals surface area contributed by atoms with Crippen LogP contribution in [-0.2, 0) is 16.1 Å². The van der Waals surface area contributed by atoms with E-state index in [9.17, 15) is 9.59 Å². The molecule has 0 heterocycles. The summed E-state index contributed by atoms with van der Waals surface area (Å²) >= 11 is 12.1. The summed E-state index contributed by atoms with van der Waals surface area (Å²) in [5.41, 5.74) is 1.32. The third-order valence-corrected chi connectivity index (χ3v) is 3.95. The Balaban J connectivity index is 2.03. The summed E-state index contributed by atoms with van der Waals surface area (Å²) in [7, 11) is 0. The van der Waals surface area contributed by atoms with Gasteiger partial charge in [-0.15, -0.1) is 0 Å². The van der Waals surface area contributed by atoms with E-state index in [1.807, 2.05) is 18.2 Å². The van der Waals surface area contributed by atoms with Crippen LogP contribution in [0.25, 0.3) is 0 Å². The van der Waals surface area contributed by atoms with Crippen LogP contribution in [0.2, 0.25) is 10.0 Å². The molecule has 2 amide bonds. The van der Waals surface area contributed by atoms with Gasteiger partial charge in [0.25, 0.3) is 0 Å². The third kappa shape index (κ3) is 4.71. The Kier molecular flexibility index (Phi) is 6.02. The molecule has 1 N–H and O–H groups in total. The highest BCUT2D eigenvalue weighted by atomic mass is 35.5. The zero-order chi connectivity index (χ0) is 16.8. The van der Waals surface area contributed by atoms with E-state index >= 15 is 0 Å². The fraction of sp³-hybridized carbons (Fsp3) is 0.176. The van der Waals surface area contributed by atoms with E-state index in [0.29, 0.717) is 22.3 Å². The number of benzene rings is 2. The molecule has 2 aromatic rings. The Morgan fingerprint density at radius 2 is 1.61 bits per heavy atom. The average Bonchev–Trinajstić information content (AvgIpc) is 2.52. The van der Waals surface area contributed by atoms with Crippen LogP contribution < -0.4 is 10.2 Å². The molecule has 0 aliphatic heterocycles. The lowest BCUT2D eigenvalue weighted by Crippen LogP contribution is -2.39. The van der Waals surface area contributed by atoms with Gasteiger partial charge < -0.3 is 10.2 Å². The van der Waals surface area contributed by atoms with Gasteiger partial charge in [-0.25, -0.2) is 0 Å². The molecule has 0 spiro atoms. The van der Waals surface area contributed by atoms with Crippen molar-refractivity contribution in [2.24, 2.45) is 0 Å². The highest BCUT2D eigenvalue weighted by Gasteiger charge is 2.18. The Hall–Kier alpha value is -2.04. The maximum Gasteiger partial charge on any atom is 0.240 e. The van der Waals surface area contributed by atoms with Gasteiger partial charge in [0.1, 0.15) is 6.54 Å². The number of para-hydroxylation sites is 1. The van der Waals surface area contributed by atoms with Crippen LogP contribution >= 0.6 is 23.2 Å². The molecular weight excluding hydrogens is 335 g/mol. The molecule has 23 heavy (non-hydrogen) atoms. The van der Waals surface area contributed by atoms with E-state index in [4.69, 9.17) is 23.2 Å². The van der Waals surface area contributed by atoms with Gasteiger partial charge in [-0.2, -0.15) is 0 Å². The molecule has 0 saturated heterocycles.